The summed E-state index contributed by atoms with van der Waals surface area (Å²) < 4.78 is 10.6. The van der Waals surface area contributed by atoms with Gasteiger partial charge in [0.15, 0.2) is 6.61 Å². The van der Waals surface area contributed by atoms with Gasteiger partial charge in [0, 0.05) is 31.3 Å². The molecule has 2 rings (SSSR count). The van der Waals surface area contributed by atoms with Crippen molar-refractivity contribution in [3.8, 4) is 5.75 Å². The molecule has 1 unspecified atom stereocenters. The molecule has 0 spiro atoms. The van der Waals surface area contributed by atoms with Crippen molar-refractivity contribution < 1.29 is 14.3 Å². The zero-order chi connectivity index (χ0) is 13.8. The molecule has 1 heterocycles. The summed E-state index contributed by atoms with van der Waals surface area (Å²) in [7, 11) is 1.65. The number of rotatable bonds is 4. The highest BCUT2D eigenvalue weighted by Gasteiger charge is 2.26. The molecule has 1 aromatic carbocycles. The lowest BCUT2D eigenvalue weighted by Crippen LogP contribution is -2.33. The number of hydrogen-bond acceptors (Lipinski definition) is 3. The SMILES string of the molecule is COC1CCN(C(=O)COc2cc(Cl)ccc2Cl)C1. The van der Waals surface area contributed by atoms with E-state index in [1.165, 1.54) is 0 Å². The first kappa shape index (κ1) is 14.4. The van der Waals surface area contributed by atoms with Gasteiger partial charge in [-0.05, 0) is 18.6 Å². The second kappa shape index (κ2) is 6.46. The summed E-state index contributed by atoms with van der Waals surface area (Å²) in [6, 6.07) is 4.90. The maximum Gasteiger partial charge on any atom is 0.260 e. The minimum Gasteiger partial charge on any atom is -0.482 e. The Labute approximate surface area is 122 Å². The van der Waals surface area contributed by atoms with E-state index in [1.807, 2.05) is 0 Å². The van der Waals surface area contributed by atoms with Crippen molar-refractivity contribution in [1.82, 2.24) is 4.90 Å². The molecule has 19 heavy (non-hydrogen) atoms. The first-order valence-corrected chi connectivity index (χ1v) is 6.74. The van der Waals surface area contributed by atoms with Crippen LogP contribution in [-0.2, 0) is 9.53 Å². The van der Waals surface area contributed by atoms with Crippen LogP contribution in [0.4, 0.5) is 0 Å². The lowest BCUT2D eigenvalue weighted by molar-refractivity contribution is -0.132. The van der Waals surface area contributed by atoms with Crippen LogP contribution in [0.25, 0.3) is 0 Å². The van der Waals surface area contributed by atoms with Crippen LogP contribution in [0.2, 0.25) is 10.0 Å². The molecule has 104 valence electrons. The molecule has 1 fully saturated rings. The third kappa shape index (κ3) is 3.75. The second-order valence-corrected chi connectivity index (χ2v) is 5.19. The van der Waals surface area contributed by atoms with Crippen molar-refractivity contribution in [2.24, 2.45) is 0 Å². The van der Waals surface area contributed by atoms with E-state index in [2.05, 4.69) is 0 Å². The van der Waals surface area contributed by atoms with E-state index in [9.17, 15) is 4.79 Å². The maximum absolute atomic E-state index is 11.9. The average Bonchev–Trinajstić information content (AvgIpc) is 2.88. The molecule has 0 aliphatic carbocycles. The molecule has 0 radical (unpaired) electrons. The fraction of sp³-hybridized carbons (Fsp3) is 0.462. The standard InChI is InChI=1S/C13H15Cl2NO3/c1-18-10-4-5-16(7-10)13(17)8-19-12-6-9(14)2-3-11(12)15/h2-3,6,10H,4-5,7-8H2,1H3. The highest BCUT2D eigenvalue weighted by molar-refractivity contribution is 6.34. The first-order chi connectivity index (χ1) is 9.10. The van der Waals surface area contributed by atoms with E-state index >= 15 is 0 Å². The quantitative estimate of drug-likeness (QED) is 0.858. The summed E-state index contributed by atoms with van der Waals surface area (Å²) >= 11 is 11.8. The Bertz CT molecular complexity index is 467. The van der Waals surface area contributed by atoms with Crippen molar-refractivity contribution in [1.29, 1.82) is 0 Å². The van der Waals surface area contributed by atoms with Crippen molar-refractivity contribution in [2.45, 2.75) is 12.5 Å². The van der Waals surface area contributed by atoms with Crippen LogP contribution in [0.1, 0.15) is 6.42 Å². The Morgan fingerprint density at radius 1 is 1.47 bits per heavy atom. The minimum absolute atomic E-state index is 0.0451. The molecule has 1 atom stereocenters. The Hall–Kier alpha value is -0.970. The smallest absolute Gasteiger partial charge is 0.260 e. The van der Waals surface area contributed by atoms with Crippen LogP contribution < -0.4 is 4.74 Å². The van der Waals surface area contributed by atoms with Gasteiger partial charge < -0.3 is 14.4 Å². The number of benzene rings is 1. The number of hydrogen-bond donors (Lipinski definition) is 0. The van der Waals surface area contributed by atoms with E-state index in [0.717, 1.165) is 6.42 Å². The summed E-state index contributed by atoms with van der Waals surface area (Å²) in [5.41, 5.74) is 0. The molecule has 6 heteroatoms. The van der Waals surface area contributed by atoms with E-state index in [1.54, 1.807) is 30.2 Å². The predicted octanol–water partition coefficient (Wildman–Crippen LogP) is 2.62. The van der Waals surface area contributed by atoms with Crippen molar-refractivity contribution in [3.63, 3.8) is 0 Å². The molecule has 1 saturated heterocycles. The first-order valence-electron chi connectivity index (χ1n) is 5.98. The molecule has 0 bridgehead atoms. The zero-order valence-corrected chi connectivity index (χ0v) is 12.1. The Morgan fingerprint density at radius 3 is 2.95 bits per heavy atom. The van der Waals surface area contributed by atoms with Crippen LogP contribution in [0.3, 0.4) is 0 Å². The van der Waals surface area contributed by atoms with Gasteiger partial charge in [-0.1, -0.05) is 23.2 Å². The number of amides is 1. The van der Waals surface area contributed by atoms with Crippen molar-refractivity contribution in [3.05, 3.63) is 28.2 Å². The number of carbonyl (C=O) groups is 1. The zero-order valence-electron chi connectivity index (χ0n) is 10.6. The van der Waals surface area contributed by atoms with Crippen LogP contribution in [0.15, 0.2) is 18.2 Å². The topological polar surface area (TPSA) is 38.8 Å². The molecule has 1 aliphatic heterocycles. The molecule has 1 amide bonds. The number of likely N-dealkylation sites (tertiary alicyclic amines) is 1. The molecule has 1 aromatic rings. The van der Waals surface area contributed by atoms with Crippen LogP contribution in [-0.4, -0.2) is 43.7 Å². The van der Waals surface area contributed by atoms with Crippen LogP contribution >= 0.6 is 23.2 Å². The highest BCUT2D eigenvalue weighted by Crippen LogP contribution is 2.27. The van der Waals surface area contributed by atoms with E-state index in [-0.39, 0.29) is 18.6 Å². The summed E-state index contributed by atoms with van der Waals surface area (Å²) in [5.74, 6) is 0.348. The van der Waals surface area contributed by atoms with Gasteiger partial charge in [0.25, 0.3) is 5.91 Å². The third-order valence-corrected chi connectivity index (χ3v) is 3.62. The lowest BCUT2D eigenvalue weighted by atomic mass is 10.3. The highest BCUT2D eigenvalue weighted by atomic mass is 35.5. The lowest BCUT2D eigenvalue weighted by Gasteiger charge is -2.16. The van der Waals surface area contributed by atoms with Crippen molar-refractivity contribution in [2.75, 3.05) is 26.8 Å². The van der Waals surface area contributed by atoms with E-state index in [4.69, 9.17) is 32.7 Å². The van der Waals surface area contributed by atoms with Gasteiger partial charge in [0.2, 0.25) is 0 Å². The fourth-order valence-corrected chi connectivity index (χ4v) is 2.30. The minimum atomic E-state index is -0.0735. The van der Waals surface area contributed by atoms with Gasteiger partial charge in [0.05, 0.1) is 11.1 Å². The Balaban J connectivity index is 1.88. The maximum atomic E-state index is 11.9. The van der Waals surface area contributed by atoms with Gasteiger partial charge in [-0.15, -0.1) is 0 Å². The molecule has 4 nitrogen and oxygen atoms in total. The fourth-order valence-electron chi connectivity index (χ4n) is 1.97. The number of ether oxygens (including phenoxy) is 2. The molecular formula is C13H15Cl2NO3. The second-order valence-electron chi connectivity index (χ2n) is 4.35. The molecule has 1 aliphatic rings. The Kier molecular flexibility index (Phi) is 4.91. The Morgan fingerprint density at radius 2 is 2.26 bits per heavy atom. The monoisotopic (exact) mass is 303 g/mol. The van der Waals surface area contributed by atoms with Gasteiger partial charge in [0.1, 0.15) is 5.75 Å². The van der Waals surface area contributed by atoms with Gasteiger partial charge >= 0.3 is 0 Å². The molecule has 0 aromatic heterocycles. The third-order valence-electron chi connectivity index (χ3n) is 3.08. The van der Waals surface area contributed by atoms with Gasteiger partial charge in [-0.25, -0.2) is 0 Å². The molecule has 0 saturated carbocycles. The normalized spacial score (nSPS) is 18.7. The average molecular weight is 304 g/mol. The number of methoxy groups -OCH3 is 1. The predicted molar refractivity (Wildman–Crippen MR) is 74.0 cm³/mol. The van der Waals surface area contributed by atoms with E-state index in [0.29, 0.717) is 28.9 Å². The molecule has 0 N–H and O–H groups in total. The number of carbonyl (C=O) groups excluding carboxylic acids is 1. The van der Waals surface area contributed by atoms with Crippen LogP contribution in [0, 0.1) is 0 Å². The summed E-state index contributed by atoms with van der Waals surface area (Å²) in [6.07, 6.45) is 0.985. The number of nitrogens with zero attached hydrogens (tertiary/aromatic N) is 1. The summed E-state index contributed by atoms with van der Waals surface area (Å²) in [6.45, 7) is 1.27. The largest absolute Gasteiger partial charge is 0.482 e. The van der Waals surface area contributed by atoms with Gasteiger partial charge in [-0.3, -0.25) is 4.79 Å². The number of halogens is 2. The van der Waals surface area contributed by atoms with Crippen molar-refractivity contribution >= 4 is 29.1 Å². The van der Waals surface area contributed by atoms with Gasteiger partial charge in [-0.2, -0.15) is 0 Å². The molecular weight excluding hydrogens is 289 g/mol. The summed E-state index contributed by atoms with van der Waals surface area (Å²) in [5, 5.41) is 0.959. The van der Waals surface area contributed by atoms with Crippen LogP contribution in [0.5, 0.6) is 5.75 Å². The van der Waals surface area contributed by atoms with E-state index < -0.39 is 0 Å². The summed E-state index contributed by atoms with van der Waals surface area (Å²) in [4.78, 5) is 13.7.